The van der Waals surface area contributed by atoms with Gasteiger partial charge in [0.05, 0.1) is 11.0 Å². The smallest absolute Gasteiger partial charge is 0.0541 e. The molecule has 0 amide bonds. The zero-order chi connectivity index (χ0) is 26.4. The van der Waals surface area contributed by atoms with Gasteiger partial charge in [-0.1, -0.05) is 97.9 Å². The van der Waals surface area contributed by atoms with Crippen molar-refractivity contribution >= 4 is 27.4 Å². The molecule has 40 heavy (non-hydrogen) atoms. The average molecular weight is 512 g/mol. The molecule has 190 valence electrons. The van der Waals surface area contributed by atoms with Crippen LogP contribution in [0.2, 0.25) is 0 Å². The molecule has 1 heteroatoms. The third-order valence-corrected chi connectivity index (χ3v) is 9.38. The summed E-state index contributed by atoms with van der Waals surface area (Å²) in [6.07, 6.45) is 8.15. The van der Waals surface area contributed by atoms with Gasteiger partial charge in [-0.25, -0.2) is 0 Å². The normalized spacial score (nSPS) is 16.9. The van der Waals surface area contributed by atoms with Crippen molar-refractivity contribution in [2.45, 2.75) is 26.2 Å². The maximum absolute atomic E-state index is 2.49. The van der Waals surface area contributed by atoms with Crippen LogP contribution >= 0.6 is 0 Å². The van der Waals surface area contributed by atoms with Crippen LogP contribution in [0.5, 0.6) is 0 Å². The predicted octanol–water partition coefficient (Wildman–Crippen LogP) is 9.93. The lowest BCUT2D eigenvalue weighted by Gasteiger charge is -2.15. The number of hydrogen-bond acceptors (Lipinski definition) is 0. The lowest BCUT2D eigenvalue weighted by atomic mass is 9.89. The van der Waals surface area contributed by atoms with Gasteiger partial charge in [-0.15, -0.1) is 0 Å². The fraction of sp³-hybridized carbons (Fsp3) is 0.128. The molecule has 1 unspecified atom stereocenters. The van der Waals surface area contributed by atoms with Gasteiger partial charge in [-0.05, 0) is 105 Å². The Morgan fingerprint density at radius 3 is 2.17 bits per heavy atom. The monoisotopic (exact) mass is 511 g/mol. The zero-order valence-electron chi connectivity index (χ0n) is 22.6. The molecule has 3 aliphatic carbocycles. The molecule has 1 heterocycles. The Kier molecular flexibility index (Phi) is 4.55. The van der Waals surface area contributed by atoms with E-state index in [2.05, 4.69) is 127 Å². The number of rotatable bonds is 2. The van der Waals surface area contributed by atoms with Crippen molar-refractivity contribution in [1.82, 2.24) is 4.57 Å². The van der Waals surface area contributed by atoms with E-state index in [0.29, 0.717) is 5.92 Å². The largest absolute Gasteiger partial charge is 0.309 e. The average Bonchev–Trinajstić information content (AvgIpc) is 3.66. The Morgan fingerprint density at radius 1 is 0.625 bits per heavy atom. The van der Waals surface area contributed by atoms with Crippen LogP contribution in [0.4, 0.5) is 0 Å². The molecule has 0 radical (unpaired) electrons. The summed E-state index contributed by atoms with van der Waals surface area (Å²) in [7, 11) is 0. The van der Waals surface area contributed by atoms with Gasteiger partial charge in [0, 0.05) is 16.5 Å². The summed E-state index contributed by atoms with van der Waals surface area (Å²) in [5, 5.41) is 2.62. The summed E-state index contributed by atoms with van der Waals surface area (Å²) in [5.41, 5.74) is 18.1. The van der Waals surface area contributed by atoms with Crippen LogP contribution in [0.25, 0.3) is 55.3 Å². The number of fused-ring (bicyclic) bond motifs is 9. The summed E-state index contributed by atoms with van der Waals surface area (Å²) in [4.78, 5) is 0. The zero-order valence-corrected chi connectivity index (χ0v) is 22.6. The summed E-state index contributed by atoms with van der Waals surface area (Å²) in [6, 6.07) is 38.6. The quantitative estimate of drug-likeness (QED) is 0.218. The molecule has 6 aromatic rings. The van der Waals surface area contributed by atoms with Gasteiger partial charge in [0.15, 0.2) is 0 Å². The van der Waals surface area contributed by atoms with Crippen LogP contribution in [0.1, 0.15) is 35.6 Å². The molecule has 0 aliphatic heterocycles. The predicted molar refractivity (Wildman–Crippen MR) is 168 cm³/mol. The van der Waals surface area contributed by atoms with Crippen molar-refractivity contribution < 1.29 is 0 Å². The van der Waals surface area contributed by atoms with Crippen molar-refractivity contribution in [3.05, 3.63) is 143 Å². The van der Waals surface area contributed by atoms with E-state index in [9.17, 15) is 0 Å². The summed E-state index contributed by atoms with van der Waals surface area (Å²) in [6.45, 7) is 2.33. The Hall–Kier alpha value is -4.62. The minimum atomic E-state index is 0.616. The Morgan fingerprint density at radius 2 is 1.35 bits per heavy atom. The maximum Gasteiger partial charge on any atom is 0.0541 e. The number of nitrogens with zero attached hydrogens (tertiary/aromatic N) is 1. The first kappa shape index (κ1) is 22.2. The number of hydrogen-bond donors (Lipinski definition) is 0. The second-order valence-electron chi connectivity index (χ2n) is 11.8. The highest BCUT2D eigenvalue weighted by Crippen LogP contribution is 2.49. The van der Waals surface area contributed by atoms with Gasteiger partial charge in [0.1, 0.15) is 0 Å². The minimum Gasteiger partial charge on any atom is -0.309 e. The number of allylic oxidation sites excluding steroid dienone is 4. The van der Waals surface area contributed by atoms with Gasteiger partial charge in [0.2, 0.25) is 0 Å². The third-order valence-electron chi connectivity index (χ3n) is 9.38. The van der Waals surface area contributed by atoms with Crippen molar-refractivity contribution in [2.24, 2.45) is 5.92 Å². The molecule has 0 saturated carbocycles. The third kappa shape index (κ3) is 3.04. The summed E-state index contributed by atoms with van der Waals surface area (Å²) >= 11 is 0. The number of benzene rings is 5. The van der Waals surface area contributed by atoms with Gasteiger partial charge in [-0.3, -0.25) is 0 Å². The Balaban J connectivity index is 1.21. The molecule has 0 N–H and O–H groups in total. The standard InChI is InChI=1S/C39H29N/c1-24-16-17-25-23-36-30(11-7-12-31(36)35(25)20-24)34-13-6-8-26-21-27-22-28(18-19-29(27)39(26)34)40-37-14-4-2-9-32(37)33-10-3-5-15-38(33)40/h2-15,17-20,22,24H,16,21,23H2,1H3. The van der Waals surface area contributed by atoms with Crippen molar-refractivity contribution in [3.8, 4) is 27.9 Å². The lowest BCUT2D eigenvalue weighted by Crippen LogP contribution is -1.96. The Labute approximate surface area is 234 Å². The van der Waals surface area contributed by atoms with E-state index in [1.807, 2.05) is 0 Å². The summed E-state index contributed by atoms with van der Waals surface area (Å²) < 4.78 is 2.43. The SMILES string of the molecule is CC1C=C2C(=CC1)Cc1c2cccc1-c1cccc2c1-c1ccc(-n3c4ccccc4c4ccccc43)cc1C2. The van der Waals surface area contributed by atoms with Crippen LogP contribution in [-0.2, 0) is 12.8 Å². The van der Waals surface area contributed by atoms with E-state index >= 15 is 0 Å². The van der Waals surface area contributed by atoms with E-state index in [-0.39, 0.29) is 0 Å². The lowest BCUT2D eigenvalue weighted by molar-refractivity contribution is 0.734. The molecule has 0 saturated heterocycles. The van der Waals surface area contributed by atoms with E-state index in [0.717, 1.165) is 19.3 Å². The second-order valence-corrected chi connectivity index (χ2v) is 11.8. The fourth-order valence-electron chi connectivity index (χ4n) is 7.61. The highest BCUT2D eigenvalue weighted by Gasteiger charge is 2.29. The molecule has 0 fully saturated rings. The van der Waals surface area contributed by atoms with Gasteiger partial charge in [-0.2, -0.15) is 0 Å². The molecule has 1 aromatic heterocycles. The van der Waals surface area contributed by atoms with Crippen LogP contribution in [0, 0.1) is 5.92 Å². The number of aromatic nitrogens is 1. The summed E-state index contributed by atoms with van der Waals surface area (Å²) in [5.74, 6) is 0.616. The van der Waals surface area contributed by atoms with E-state index in [1.54, 1.807) is 0 Å². The first-order valence-electron chi connectivity index (χ1n) is 14.5. The first-order chi connectivity index (χ1) is 19.7. The Bertz CT molecular complexity index is 2040. The van der Waals surface area contributed by atoms with E-state index in [1.165, 1.54) is 83.1 Å². The van der Waals surface area contributed by atoms with E-state index in [4.69, 9.17) is 0 Å². The first-order valence-corrected chi connectivity index (χ1v) is 14.5. The van der Waals surface area contributed by atoms with Gasteiger partial charge in [0.25, 0.3) is 0 Å². The molecule has 1 nitrogen and oxygen atoms in total. The molecule has 0 bridgehead atoms. The minimum absolute atomic E-state index is 0.616. The van der Waals surface area contributed by atoms with Crippen molar-refractivity contribution in [2.75, 3.05) is 0 Å². The van der Waals surface area contributed by atoms with Crippen molar-refractivity contribution in [3.63, 3.8) is 0 Å². The van der Waals surface area contributed by atoms with Crippen LogP contribution in [0.15, 0.2) is 121 Å². The second kappa shape index (κ2) is 8.19. The molecule has 5 aromatic carbocycles. The molecule has 1 atom stereocenters. The molecule has 3 aliphatic rings. The van der Waals surface area contributed by atoms with E-state index < -0.39 is 0 Å². The molecular formula is C39H29N. The van der Waals surface area contributed by atoms with Crippen LogP contribution in [0.3, 0.4) is 0 Å². The van der Waals surface area contributed by atoms with Gasteiger partial charge >= 0.3 is 0 Å². The number of para-hydroxylation sites is 2. The van der Waals surface area contributed by atoms with Crippen LogP contribution < -0.4 is 0 Å². The topological polar surface area (TPSA) is 4.93 Å². The molecule has 9 rings (SSSR count). The van der Waals surface area contributed by atoms with Gasteiger partial charge < -0.3 is 4.57 Å². The van der Waals surface area contributed by atoms with Crippen molar-refractivity contribution in [1.29, 1.82) is 0 Å². The maximum atomic E-state index is 2.49. The molecular weight excluding hydrogens is 482 g/mol. The highest BCUT2D eigenvalue weighted by molar-refractivity contribution is 6.09. The molecule has 0 spiro atoms. The van der Waals surface area contributed by atoms with Crippen LogP contribution in [-0.4, -0.2) is 4.57 Å². The highest BCUT2D eigenvalue weighted by atomic mass is 15.0. The fourth-order valence-corrected chi connectivity index (χ4v) is 7.61.